The fraction of sp³-hybridized carbons (Fsp3) is 0.625. The molecule has 0 bridgehead atoms. The van der Waals surface area contributed by atoms with Gasteiger partial charge < -0.3 is 10.6 Å². The molecule has 2 nitrogen and oxygen atoms in total. The predicted octanol–water partition coefficient (Wildman–Crippen LogP) is 3.83. The summed E-state index contributed by atoms with van der Waals surface area (Å²) in [5, 5.41) is 0. The molecule has 0 amide bonds. The first-order chi connectivity index (χ1) is 9.95. The molecule has 0 radical (unpaired) electrons. The largest absolute Gasteiger partial charge is 0.418 e. The van der Waals surface area contributed by atoms with Gasteiger partial charge in [-0.25, -0.2) is 0 Å². The summed E-state index contributed by atoms with van der Waals surface area (Å²) >= 11 is 0. The van der Waals surface area contributed by atoms with Gasteiger partial charge in [-0.05, 0) is 49.4 Å². The third kappa shape index (κ3) is 3.90. The molecular weight excluding hydrogens is 277 g/mol. The standard InChI is InChI=1S/C16H23F3N2/c1-2-12-4-3-9-21(11-12)15-6-5-13(7-8-20)10-14(15)16(17,18)19/h5-6,10,12H,2-4,7-9,11,20H2,1H3. The van der Waals surface area contributed by atoms with Crippen molar-refractivity contribution in [2.45, 2.75) is 38.8 Å². The van der Waals surface area contributed by atoms with Crippen molar-refractivity contribution in [3.63, 3.8) is 0 Å². The molecule has 2 N–H and O–H groups in total. The lowest BCUT2D eigenvalue weighted by molar-refractivity contribution is -0.137. The van der Waals surface area contributed by atoms with E-state index < -0.39 is 11.7 Å². The maximum absolute atomic E-state index is 13.3. The Morgan fingerprint density at radius 1 is 1.33 bits per heavy atom. The molecular formula is C16H23F3N2. The van der Waals surface area contributed by atoms with Crippen LogP contribution >= 0.6 is 0 Å². The van der Waals surface area contributed by atoms with Gasteiger partial charge in [0.1, 0.15) is 0 Å². The lowest BCUT2D eigenvalue weighted by Gasteiger charge is -2.35. The minimum atomic E-state index is -4.32. The summed E-state index contributed by atoms with van der Waals surface area (Å²) in [4.78, 5) is 1.90. The van der Waals surface area contributed by atoms with Crippen LogP contribution < -0.4 is 10.6 Å². The summed E-state index contributed by atoms with van der Waals surface area (Å²) in [5.41, 5.74) is 5.89. The number of nitrogens with zero attached hydrogens (tertiary/aromatic N) is 1. The van der Waals surface area contributed by atoms with Crippen molar-refractivity contribution in [1.29, 1.82) is 0 Å². The zero-order chi connectivity index (χ0) is 15.5. The summed E-state index contributed by atoms with van der Waals surface area (Å²) in [6.45, 7) is 3.88. The van der Waals surface area contributed by atoms with E-state index in [1.165, 1.54) is 6.07 Å². The van der Waals surface area contributed by atoms with Gasteiger partial charge in [0, 0.05) is 18.8 Å². The molecule has 1 aromatic rings. The Kier molecular flexibility index (Phi) is 5.14. The number of hydrogen-bond acceptors (Lipinski definition) is 2. The second-order valence-electron chi connectivity index (χ2n) is 5.75. The van der Waals surface area contributed by atoms with Crippen LogP contribution in [0.4, 0.5) is 18.9 Å². The number of halogens is 3. The average Bonchev–Trinajstić information content (AvgIpc) is 2.47. The SMILES string of the molecule is CCC1CCCN(c2ccc(CCN)cc2C(F)(F)F)C1. The van der Waals surface area contributed by atoms with Crippen LogP contribution in [0.3, 0.4) is 0 Å². The summed E-state index contributed by atoms with van der Waals surface area (Å²) in [6.07, 6.45) is -0.761. The molecule has 0 spiro atoms. The molecule has 118 valence electrons. The average molecular weight is 300 g/mol. The molecule has 0 aromatic heterocycles. The number of hydrogen-bond donors (Lipinski definition) is 1. The van der Waals surface area contributed by atoms with Crippen LogP contribution in [-0.4, -0.2) is 19.6 Å². The first-order valence-electron chi connectivity index (χ1n) is 7.60. The van der Waals surface area contributed by atoms with Gasteiger partial charge >= 0.3 is 6.18 Å². The molecule has 0 aliphatic carbocycles. The van der Waals surface area contributed by atoms with E-state index in [1.54, 1.807) is 12.1 Å². The van der Waals surface area contributed by atoms with E-state index in [1.807, 2.05) is 4.90 Å². The number of nitrogens with two attached hydrogens (primary N) is 1. The van der Waals surface area contributed by atoms with Gasteiger partial charge in [-0.2, -0.15) is 13.2 Å². The van der Waals surface area contributed by atoms with E-state index in [4.69, 9.17) is 5.73 Å². The molecule has 1 aliphatic rings. The van der Waals surface area contributed by atoms with Crippen LogP contribution in [0.15, 0.2) is 18.2 Å². The van der Waals surface area contributed by atoms with Crippen molar-refractivity contribution in [3.8, 4) is 0 Å². The van der Waals surface area contributed by atoms with Gasteiger partial charge in [0.25, 0.3) is 0 Å². The fourth-order valence-corrected chi connectivity index (χ4v) is 3.03. The van der Waals surface area contributed by atoms with E-state index >= 15 is 0 Å². The van der Waals surface area contributed by atoms with Gasteiger partial charge in [0.2, 0.25) is 0 Å². The molecule has 1 unspecified atom stereocenters. The lowest BCUT2D eigenvalue weighted by atomic mass is 9.94. The minimum Gasteiger partial charge on any atom is -0.371 e. The Morgan fingerprint density at radius 3 is 2.71 bits per heavy atom. The number of alkyl halides is 3. The normalized spacial score (nSPS) is 19.9. The molecule has 0 saturated carbocycles. The van der Waals surface area contributed by atoms with Crippen molar-refractivity contribution < 1.29 is 13.2 Å². The number of benzene rings is 1. The van der Waals surface area contributed by atoms with Gasteiger partial charge in [0.15, 0.2) is 0 Å². The molecule has 1 saturated heterocycles. The Hall–Kier alpha value is -1.23. The molecule has 1 aliphatic heterocycles. The molecule has 1 atom stereocenters. The molecule has 1 fully saturated rings. The molecule has 21 heavy (non-hydrogen) atoms. The monoisotopic (exact) mass is 300 g/mol. The van der Waals surface area contributed by atoms with Gasteiger partial charge in [0.05, 0.1) is 5.56 Å². The third-order valence-electron chi connectivity index (χ3n) is 4.24. The summed E-state index contributed by atoms with van der Waals surface area (Å²) in [7, 11) is 0. The van der Waals surface area contributed by atoms with Crippen molar-refractivity contribution in [1.82, 2.24) is 0 Å². The van der Waals surface area contributed by atoms with E-state index in [9.17, 15) is 13.2 Å². The van der Waals surface area contributed by atoms with E-state index in [2.05, 4.69) is 6.92 Å². The van der Waals surface area contributed by atoms with Crippen LogP contribution in [0, 0.1) is 5.92 Å². The van der Waals surface area contributed by atoms with E-state index in [-0.39, 0.29) is 0 Å². The highest BCUT2D eigenvalue weighted by Crippen LogP contribution is 2.38. The lowest BCUT2D eigenvalue weighted by Crippen LogP contribution is -2.36. The maximum atomic E-state index is 13.3. The van der Waals surface area contributed by atoms with Crippen molar-refractivity contribution in [2.75, 3.05) is 24.5 Å². The van der Waals surface area contributed by atoms with Crippen molar-refractivity contribution in [2.24, 2.45) is 11.7 Å². The topological polar surface area (TPSA) is 29.3 Å². The van der Waals surface area contributed by atoms with Gasteiger partial charge in [-0.3, -0.25) is 0 Å². The van der Waals surface area contributed by atoms with Crippen LogP contribution in [0.2, 0.25) is 0 Å². The van der Waals surface area contributed by atoms with Gasteiger partial charge in [-0.15, -0.1) is 0 Å². The minimum absolute atomic E-state index is 0.321. The number of anilines is 1. The van der Waals surface area contributed by atoms with Gasteiger partial charge in [-0.1, -0.05) is 19.4 Å². The predicted molar refractivity (Wildman–Crippen MR) is 79.4 cm³/mol. The third-order valence-corrected chi connectivity index (χ3v) is 4.24. The molecule has 1 aromatic carbocycles. The van der Waals surface area contributed by atoms with Crippen molar-refractivity contribution in [3.05, 3.63) is 29.3 Å². The smallest absolute Gasteiger partial charge is 0.371 e. The highest BCUT2D eigenvalue weighted by atomic mass is 19.4. The quantitative estimate of drug-likeness (QED) is 0.915. The zero-order valence-corrected chi connectivity index (χ0v) is 12.4. The first kappa shape index (κ1) is 16.1. The molecule has 5 heteroatoms. The van der Waals surface area contributed by atoms with E-state index in [0.717, 1.165) is 25.8 Å². The van der Waals surface area contributed by atoms with E-state index in [0.29, 0.717) is 36.7 Å². The molecule has 2 rings (SSSR count). The second-order valence-corrected chi connectivity index (χ2v) is 5.75. The summed E-state index contributed by atoms with van der Waals surface area (Å²) in [6, 6.07) is 4.65. The number of piperidine rings is 1. The number of rotatable bonds is 4. The molecule has 1 heterocycles. The Balaban J connectivity index is 2.33. The zero-order valence-electron chi connectivity index (χ0n) is 12.4. The maximum Gasteiger partial charge on any atom is 0.418 e. The summed E-state index contributed by atoms with van der Waals surface area (Å²) < 4.78 is 40.0. The Labute approximate surface area is 124 Å². The van der Waals surface area contributed by atoms with Crippen LogP contribution in [-0.2, 0) is 12.6 Å². The van der Waals surface area contributed by atoms with Crippen LogP contribution in [0.25, 0.3) is 0 Å². The Bertz CT molecular complexity index is 471. The highest BCUT2D eigenvalue weighted by Gasteiger charge is 2.35. The highest BCUT2D eigenvalue weighted by molar-refractivity contribution is 5.57. The Morgan fingerprint density at radius 2 is 2.10 bits per heavy atom. The van der Waals surface area contributed by atoms with Crippen LogP contribution in [0.1, 0.15) is 37.3 Å². The first-order valence-corrected chi connectivity index (χ1v) is 7.60. The second kappa shape index (κ2) is 6.69. The fourth-order valence-electron chi connectivity index (χ4n) is 3.03. The van der Waals surface area contributed by atoms with Crippen LogP contribution in [0.5, 0.6) is 0 Å². The summed E-state index contributed by atoms with van der Waals surface area (Å²) in [5.74, 6) is 0.489. The van der Waals surface area contributed by atoms with Crippen molar-refractivity contribution >= 4 is 5.69 Å².